The fraction of sp³-hybridized carbons (Fsp3) is 0.417. The molecule has 1 rings (SSSR count). The third-order valence-corrected chi connectivity index (χ3v) is 3.60. The van der Waals surface area contributed by atoms with Crippen LogP contribution in [-0.2, 0) is 4.79 Å². The molecule has 0 amide bonds. The molecule has 0 bridgehead atoms. The summed E-state index contributed by atoms with van der Waals surface area (Å²) in [5.74, 6) is 0. The second-order valence-corrected chi connectivity index (χ2v) is 5.57. The molecular weight excluding hydrogens is 192 g/mol. The van der Waals surface area contributed by atoms with E-state index in [2.05, 4.69) is 20.8 Å². The van der Waals surface area contributed by atoms with E-state index in [4.69, 9.17) is 0 Å². The van der Waals surface area contributed by atoms with Gasteiger partial charge in [-0.2, -0.15) is 0 Å². The van der Waals surface area contributed by atoms with E-state index >= 15 is 0 Å². The van der Waals surface area contributed by atoms with Crippen LogP contribution in [0, 0.1) is 5.41 Å². The summed E-state index contributed by atoms with van der Waals surface area (Å²) in [7, 11) is 0. The van der Waals surface area contributed by atoms with Crippen molar-refractivity contribution in [1.29, 1.82) is 0 Å². The normalized spacial score (nSPS) is 13.6. The first kappa shape index (κ1) is 11.3. The van der Waals surface area contributed by atoms with Crippen LogP contribution in [0.25, 0.3) is 0 Å². The van der Waals surface area contributed by atoms with Crippen molar-refractivity contribution in [3.63, 3.8) is 0 Å². The summed E-state index contributed by atoms with van der Waals surface area (Å²) in [5, 5.41) is 0.0184. The molecule has 14 heavy (non-hydrogen) atoms. The lowest BCUT2D eigenvalue weighted by atomic mass is 9.93. The molecule has 0 radical (unpaired) electrons. The van der Waals surface area contributed by atoms with E-state index in [0.29, 0.717) is 0 Å². The van der Waals surface area contributed by atoms with Gasteiger partial charge in [0.15, 0.2) is 0 Å². The van der Waals surface area contributed by atoms with Crippen LogP contribution in [0.3, 0.4) is 0 Å². The zero-order valence-corrected chi connectivity index (χ0v) is 9.67. The highest BCUT2D eigenvalue weighted by Crippen LogP contribution is 2.33. The van der Waals surface area contributed by atoms with Gasteiger partial charge in [0.2, 0.25) is 0 Å². The van der Waals surface area contributed by atoms with E-state index < -0.39 is 0 Å². The molecule has 0 aliphatic carbocycles. The quantitative estimate of drug-likeness (QED) is 0.559. The largest absolute Gasteiger partial charge is 0.302 e. The van der Waals surface area contributed by atoms with Gasteiger partial charge < -0.3 is 4.79 Å². The molecule has 1 aromatic carbocycles. The minimum atomic E-state index is 0.0161. The van der Waals surface area contributed by atoms with E-state index in [-0.39, 0.29) is 10.7 Å². The molecule has 1 unspecified atom stereocenters. The lowest BCUT2D eigenvalue weighted by Crippen LogP contribution is -2.24. The van der Waals surface area contributed by atoms with Crippen LogP contribution in [0.4, 0.5) is 0 Å². The Bertz CT molecular complexity index is 287. The molecule has 0 N–H and O–H groups in total. The van der Waals surface area contributed by atoms with E-state index in [0.717, 1.165) is 11.2 Å². The molecule has 0 saturated carbocycles. The number of carbonyl (C=O) groups excluding carboxylic acids is 1. The highest BCUT2D eigenvalue weighted by Gasteiger charge is 2.24. The fourth-order valence-electron chi connectivity index (χ4n) is 1.05. The number of rotatable bonds is 3. The molecule has 1 atom stereocenters. The van der Waals surface area contributed by atoms with Gasteiger partial charge in [0, 0.05) is 4.90 Å². The number of aldehydes is 1. The van der Waals surface area contributed by atoms with Gasteiger partial charge in [0.25, 0.3) is 0 Å². The second-order valence-electron chi connectivity index (χ2n) is 4.35. The average molecular weight is 208 g/mol. The Morgan fingerprint density at radius 1 is 1.21 bits per heavy atom. The summed E-state index contributed by atoms with van der Waals surface area (Å²) in [6.45, 7) is 6.26. The number of hydrogen-bond donors (Lipinski definition) is 0. The van der Waals surface area contributed by atoms with Gasteiger partial charge >= 0.3 is 0 Å². The molecule has 2 heteroatoms. The predicted octanol–water partition coefficient (Wildman–Crippen LogP) is 3.39. The van der Waals surface area contributed by atoms with Crippen molar-refractivity contribution in [2.24, 2.45) is 5.41 Å². The molecule has 0 aliphatic heterocycles. The van der Waals surface area contributed by atoms with Gasteiger partial charge in [-0.25, -0.2) is 0 Å². The first-order valence-electron chi connectivity index (χ1n) is 4.71. The lowest BCUT2D eigenvalue weighted by molar-refractivity contribution is -0.108. The Morgan fingerprint density at radius 3 is 2.21 bits per heavy atom. The lowest BCUT2D eigenvalue weighted by Gasteiger charge is -2.25. The summed E-state index contributed by atoms with van der Waals surface area (Å²) in [5.41, 5.74) is 0.0161. The minimum absolute atomic E-state index is 0.0161. The summed E-state index contributed by atoms with van der Waals surface area (Å²) >= 11 is 1.63. The van der Waals surface area contributed by atoms with Crippen molar-refractivity contribution in [2.75, 3.05) is 0 Å². The Kier molecular flexibility index (Phi) is 3.76. The smallest absolute Gasteiger partial charge is 0.133 e. The first-order valence-corrected chi connectivity index (χ1v) is 5.59. The molecule has 0 spiro atoms. The van der Waals surface area contributed by atoms with E-state index in [1.165, 1.54) is 0 Å². The molecule has 1 nitrogen and oxygen atoms in total. The highest BCUT2D eigenvalue weighted by molar-refractivity contribution is 8.00. The van der Waals surface area contributed by atoms with Crippen molar-refractivity contribution in [1.82, 2.24) is 0 Å². The van der Waals surface area contributed by atoms with Crippen molar-refractivity contribution < 1.29 is 4.79 Å². The van der Waals surface area contributed by atoms with Crippen LogP contribution >= 0.6 is 11.8 Å². The molecule has 1 aromatic rings. The maximum absolute atomic E-state index is 10.9. The third kappa shape index (κ3) is 3.18. The van der Waals surface area contributed by atoms with Crippen LogP contribution in [-0.4, -0.2) is 11.5 Å². The third-order valence-electron chi connectivity index (χ3n) is 1.98. The molecule has 0 saturated heterocycles. The number of thioether (sulfide) groups is 1. The van der Waals surface area contributed by atoms with Crippen molar-refractivity contribution in [3.05, 3.63) is 30.3 Å². The van der Waals surface area contributed by atoms with Crippen molar-refractivity contribution in [2.45, 2.75) is 30.9 Å². The number of hydrogen-bond acceptors (Lipinski definition) is 2. The Morgan fingerprint density at radius 2 is 1.79 bits per heavy atom. The summed E-state index contributed by atoms with van der Waals surface area (Å²) in [6.07, 6.45) is 1.04. The van der Waals surface area contributed by atoms with E-state index in [1.54, 1.807) is 11.8 Å². The predicted molar refractivity (Wildman–Crippen MR) is 61.6 cm³/mol. The summed E-state index contributed by atoms with van der Waals surface area (Å²) < 4.78 is 0. The molecule has 76 valence electrons. The average Bonchev–Trinajstić information content (AvgIpc) is 2.14. The maximum atomic E-state index is 10.9. The molecule has 0 fully saturated rings. The molecule has 0 heterocycles. The SMILES string of the molecule is CC(C)(C)C(C=O)Sc1ccccc1. The van der Waals surface area contributed by atoms with Gasteiger partial charge in [-0.05, 0) is 17.5 Å². The van der Waals surface area contributed by atoms with Crippen LogP contribution in [0.2, 0.25) is 0 Å². The Balaban J connectivity index is 2.72. The van der Waals surface area contributed by atoms with Gasteiger partial charge in [0.1, 0.15) is 6.29 Å². The highest BCUT2D eigenvalue weighted by atomic mass is 32.2. The Hall–Kier alpha value is -0.760. The van der Waals surface area contributed by atoms with Crippen LogP contribution < -0.4 is 0 Å². The van der Waals surface area contributed by atoms with Crippen LogP contribution in [0.1, 0.15) is 20.8 Å². The van der Waals surface area contributed by atoms with E-state index in [9.17, 15) is 4.79 Å². The van der Waals surface area contributed by atoms with Gasteiger partial charge in [-0.1, -0.05) is 39.0 Å². The van der Waals surface area contributed by atoms with Gasteiger partial charge in [-0.3, -0.25) is 0 Å². The van der Waals surface area contributed by atoms with E-state index in [1.807, 2.05) is 30.3 Å². The van der Waals surface area contributed by atoms with Crippen molar-refractivity contribution in [3.8, 4) is 0 Å². The molecule has 0 aliphatic rings. The zero-order chi connectivity index (χ0) is 10.6. The standard InChI is InChI=1S/C12H16OS/c1-12(2,3)11(9-13)14-10-7-5-4-6-8-10/h4-9,11H,1-3H3. The molecule has 0 aromatic heterocycles. The fourth-order valence-corrected chi connectivity index (χ4v) is 2.07. The maximum Gasteiger partial charge on any atom is 0.133 e. The van der Waals surface area contributed by atoms with Crippen molar-refractivity contribution >= 4 is 18.0 Å². The Labute approximate surface area is 89.9 Å². The van der Waals surface area contributed by atoms with Crippen LogP contribution in [0.5, 0.6) is 0 Å². The van der Waals surface area contributed by atoms with Crippen LogP contribution in [0.15, 0.2) is 35.2 Å². The summed E-state index contributed by atoms with van der Waals surface area (Å²) in [6, 6.07) is 10.0. The van der Waals surface area contributed by atoms with Gasteiger partial charge in [0.05, 0.1) is 5.25 Å². The first-order chi connectivity index (χ1) is 6.54. The second kappa shape index (κ2) is 4.65. The monoisotopic (exact) mass is 208 g/mol. The molecular formula is C12H16OS. The number of carbonyl (C=O) groups is 1. The number of benzene rings is 1. The summed E-state index contributed by atoms with van der Waals surface area (Å²) in [4.78, 5) is 12.1. The zero-order valence-electron chi connectivity index (χ0n) is 8.86. The topological polar surface area (TPSA) is 17.1 Å². The minimum Gasteiger partial charge on any atom is -0.302 e. The van der Waals surface area contributed by atoms with Gasteiger partial charge in [-0.15, -0.1) is 11.8 Å².